The summed E-state index contributed by atoms with van der Waals surface area (Å²) >= 11 is 0. The minimum Gasteiger partial charge on any atom is -0.422 e. The van der Waals surface area contributed by atoms with Gasteiger partial charge in [-0.05, 0) is 55.5 Å². The number of nitrogens with one attached hydrogen (secondary N) is 1. The minimum atomic E-state index is -0.429. The third-order valence-corrected chi connectivity index (χ3v) is 5.06. The van der Waals surface area contributed by atoms with Crippen LogP contribution in [0.4, 0.5) is 0 Å². The highest BCUT2D eigenvalue weighted by molar-refractivity contribution is 5.96. The lowest BCUT2D eigenvalue weighted by atomic mass is 9.92. The second-order valence-corrected chi connectivity index (χ2v) is 7.06. The standard InChI is InChI=1S/C22H21NO4/c24-18-9-4-8-17(13-18)23-21(25)16-7-3-6-14(11-16)19-12-15-5-1-2-10-20(15)27-22(19)26/h1-3,5-7,10-12,17-18,24H,4,8-9,13H2,(H,23,25)/t17-,18+/m0/s1. The normalized spacial score (nSPS) is 19.7. The van der Waals surface area contributed by atoms with Crippen LogP contribution in [0.15, 0.2) is 63.8 Å². The fourth-order valence-corrected chi connectivity index (χ4v) is 3.65. The second-order valence-electron chi connectivity index (χ2n) is 7.06. The summed E-state index contributed by atoms with van der Waals surface area (Å²) in [6.07, 6.45) is 2.80. The van der Waals surface area contributed by atoms with Gasteiger partial charge >= 0.3 is 5.63 Å². The van der Waals surface area contributed by atoms with Crippen molar-refractivity contribution in [1.29, 1.82) is 0 Å². The zero-order chi connectivity index (χ0) is 18.8. The third-order valence-electron chi connectivity index (χ3n) is 5.06. The van der Waals surface area contributed by atoms with Gasteiger partial charge in [-0.25, -0.2) is 4.79 Å². The summed E-state index contributed by atoms with van der Waals surface area (Å²) in [6.45, 7) is 0. The molecule has 1 aliphatic rings. The SMILES string of the molecule is O=C(N[C@H]1CCC[C@@H](O)C1)c1cccc(-c2cc3ccccc3oc2=O)c1. The van der Waals surface area contributed by atoms with Crippen molar-refractivity contribution in [2.45, 2.75) is 37.8 Å². The van der Waals surface area contributed by atoms with Crippen LogP contribution in [0.5, 0.6) is 0 Å². The van der Waals surface area contributed by atoms with Gasteiger partial charge in [0.15, 0.2) is 0 Å². The zero-order valence-electron chi connectivity index (χ0n) is 14.9. The molecule has 1 saturated carbocycles. The largest absolute Gasteiger partial charge is 0.422 e. The number of fused-ring (bicyclic) bond motifs is 1. The Kier molecular flexibility index (Phi) is 4.77. The number of hydrogen-bond donors (Lipinski definition) is 2. The molecule has 1 aromatic heterocycles. The number of carbonyl (C=O) groups is 1. The molecule has 1 fully saturated rings. The van der Waals surface area contributed by atoms with E-state index < -0.39 is 5.63 Å². The first-order valence-corrected chi connectivity index (χ1v) is 9.22. The predicted octanol–water partition coefficient (Wildman–Crippen LogP) is 3.49. The van der Waals surface area contributed by atoms with Gasteiger partial charge in [0.1, 0.15) is 5.58 Å². The van der Waals surface area contributed by atoms with E-state index in [1.807, 2.05) is 18.2 Å². The zero-order valence-corrected chi connectivity index (χ0v) is 14.9. The molecule has 5 heteroatoms. The molecular formula is C22H21NO4. The summed E-state index contributed by atoms with van der Waals surface area (Å²) in [5.41, 5.74) is 1.67. The van der Waals surface area contributed by atoms with E-state index in [4.69, 9.17) is 4.42 Å². The van der Waals surface area contributed by atoms with Crippen LogP contribution in [0, 0.1) is 0 Å². The summed E-state index contributed by atoms with van der Waals surface area (Å²) in [5, 5.41) is 13.6. The molecule has 4 rings (SSSR count). The van der Waals surface area contributed by atoms with Crippen LogP contribution >= 0.6 is 0 Å². The van der Waals surface area contributed by atoms with Crippen molar-refractivity contribution in [2.75, 3.05) is 0 Å². The van der Waals surface area contributed by atoms with Crippen LogP contribution in [-0.4, -0.2) is 23.2 Å². The molecule has 0 radical (unpaired) electrons. The molecule has 1 heterocycles. The smallest absolute Gasteiger partial charge is 0.344 e. The summed E-state index contributed by atoms with van der Waals surface area (Å²) < 4.78 is 5.40. The Balaban J connectivity index is 1.62. The van der Waals surface area contributed by atoms with Crippen LogP contribution in [0.25, 0.3) is 22.1 Å². The number of aliphatic hydroxyl groups excluding tert-OH is 1. The van der Waals surface area contributed by atoms with Gasteiger partial charge in [-0.3, -0.25) is 4.79 Å². The lowest BCUT2D eigenvalue weighted by molar-refractivity contribution is 0.0850. The molecule has 0 bridgehead atoms. The minimum absolute atomic E-state index is 0.0179. The fourth-order valence-electron chi connectivity index (χ4n) is 3.65. The molecule has 1 aliphatic carbocycles. The third kappa shape index (κ3) is 3.78. The molecule has 1 amide bonds. The van der Waals surface area contributed by atoms with Crippen LogP contribution in [0.3, 0.4) is 0 Å². The molecule has 3 aromatic rings. The lowest BCUT2D eigenvalue weighted by Gasteiger charge is -2.26. The highest BCUT2D eigenvalue weighted by Crippen LogP contribution is 2.23. The van der Waals surface area contributed by atoms with Crippen LogP contribution in [-0.2, 0) is 0 Å². The topological polar surface area (TPSA) is 79.5 Å². The molecule has 0 unspecified atom stereocenters. The fraction of sp³-hybridized carbons (Fsp3) is 0.273. The highest BCUT2D eigenvalue weighted by Gasteiger charge is 2.22. The number of rotatable bonds is 3. The molecule has 138 valence electrons. The number of benzene rings is 2. The lowest BCUT2D eigenvalue weighted by Crippen LogP contribution is -2.39. The first kappa shape index (κ1) is 17.5. The Morgan fingerprint density at radius 1 is 1.07 bits per heavy atom. The molecule has 2 aromatic carbocycles. The summed E-state index contributed by atoms with van der Waals surface area (Å²) in [4.78, 5) is 25.0. The van der Waals surface area contributed by atoms with Gasteiger partial charge in [-0.2, -0.15) is 0 Å². The van der Waals surface area contributed by atoms with Crippen molar-refractivity contribution >= 4 is 16.9 Å². The monoisotopic (exact) mass is 363 g/mol. The van der Waals surface area contributed by atoms with Gasteiger partial charge < -0.3 is 14.8 Å². The van der Waals surface area contributed by atoms with Crippen molar-refractivity contribution in [1.82, 2.24) is 5.32 Å². The quantitative estimate of drug-likeness (QED) is 0.698. The van der Waals surface area contributed by atoms with Gasteiger partial charge in [0.25, 0.3) is 5.91 Å². The van der Waals surface area contributed by atoms with Gasteiger partial charge in [-0.15, -0.1) is 0 Å². The first-order chi connectivity index (χ1) is 13.1. The van der Waals surface area contributed by atoms with E-state index in [1.165, 1.54) is 0 Å². The number of para-hydroxylation sites is 1. The van der Waals surface area contributed by atoms with E-state index in [9.17, 15) is 14.7 Å². The number of hydrogen-bond acceptors (Lipinski definition) is 4. The van der Waals surface area contributed by atoms with E-state index in [0.717, 1.165) is 24.6 Å². The Hall–Kier alpha value is -2.92. The molecule has 0 spiro atoms. The highest BCUT2D eigenvalue weighted by atomic mass is 16.4. The Morgan fingerprint density at radius 2 is 1.93 bits per heavy atom. The number of amides is 1. The maximum absolute atomic E-state index is 12.6. The van der Waals surface area contributed by atoms with E-state index >= 15 is 0 Å². The average molecular weight is 363 g/mol. The number of aliphatic hydroxyl groups is 1. The Labute approximate surface area is 156 Å². The van der Waals surface area contributed by atoms with Crippen molar-refractivity contribution < 1.29 is 14.3 Å². The maximum atomic E-state index is 12.6. The van der Waals surface area contributed by atoms with E-state index in [1.54, 1.807) is 36.4 Å². The summed E-state index contributed by atoms with van der Waals surface area (Å²) in [7, 11) is 0. The van der Waals surface area contributed by atoms with Gasteiger partial charge in [0.05, 0.1) is 11.7 Å². The molecule has 27 heavy (non-hydrogen) atoms. The molecule has 2 N–H and O–H groups in total. The van der Waals surface area contributed by atoms with Gasteiger partial charge in [0, 0.05) is 17.0 Å². The van der Waals surface area contributed by atoms with Crippen molar-refractivity contribution in [3.05, 3.63) is 70.6 Å². The predicted molar refractivity (Wildman–Crippen MR) is 104 cm³/mol. The van der Waals surface area contributed by atoms with E-state index in [-0.39, 0.29) is 18.1 Å². The van der Waals surface area contributed by atoms with Crippen molar-refractivity contribution in [2.24, 2.45) is 0 Å². The van der Waals surface area contributed by atoms with E-state index in [0.29, 0.717) is 28.7 Å². The van der Waals surface area contributed by atoms with Crippen LogP contribution in [0.1, 0.15) is 36.0 Å². The summed E-state index contributed by atoms with van der Waals surface area (Å²) in [6, 6.07) is 16.1. The van der Waals surface area contributed by atoms with Crippen molar-refractivity contribution in [3.8, 4) is 11.1 Å². The molecular weight excluding hydrogens is 342 g/mol. The van der Waals surface area contributed by atoms with Crippen LogP contribution < -0.4 is 10.9 Å². The summed E-state index contributed by atoms with van der Waals surface area (Å²) in [5.74, 6) is -0.193. The van der Waals surface area contributed by atoms with Crippen molar-refractivity contribution in [3.63, 3.8) is 0 Å². The Bertz CT molecular complexity index is 1040. The molecule has 5 nitrogen and oxygen atoms in total. The molecule has 0 saturated heterocycles. The molecule has 2 atom stereocenters. The second kappa shape index (κ2) is 7.37. The van der Waals surface area contributed by atoms with Gasteiger partial charge in [0.2, 0.25) is 0 Å². The van der Waals surface area contributed by atoms with E-state index in [2.05, 4.69) is 5.32 Å². The Morgan fingerprint density at radius 3 is 2.78 bits per heavy atom. The average Bonchev–Trinajstić information content (AvgIpc) is 2.67. The van der Waals surface area contributed by atoms with Gasteiger partial charge in [-0.1, -0.05) is 30.3 Å². The number of carbonyl (C=O) groups excluding carboxylic acids is 1. The van der Waals surface area contributed by atoms with Crippen LogP contribution in [0.2, 0.25) is 0 Å². The molecule has 0 aliphatic heterocycles. The maximum Gasteiger partial charge on any atom is 0.344 e. The first-order valence-electron chi connectivity index (χ1n) is 9.22.